The van der Waals surface area contributed by atoms with Gasteiger partial charge in [0, 0.05) is 24.9 Å². The number of rotatable bonds is 2. The maximum absolute atomic E-state index is 12.8. The number of carboxylic acids is 1. The quantitative estimate of drug-likeness (QED) is 0.729. The summed E-state index contributed by atoms with van der Waals surface area (Å²) >= 11 is 0. The van der Waals surface area contributed by atoms with Gasteiger partial charge in [0.05, 0.1) is 0 Å². The molecule has 0 saturated carbocycles. The van der Waals surface area contributed by atoms with Gasteiger partial charge in [0.25, 0.3) is 5.56 Å². The maximum atomic E-state index is 12.8. The highest BCUT2D eigenvalue weighted by atomic mass is 19.1. The highest BCUT2D eigenvalue weighted by Gasteiger charge is 2.18. The number of aromatic nitrogens is 1. The second-order valence-corrected chi connectivity index (χ2v) is 2.61. The van der Waals surface area contributed by atoms with Crippen LogP contribution in [0.25, 0.3) is 0 Å². The summed E-state index contributed by atoms with van der Waals surface area (Å²) in [4.78, 5) is 21.2. The molecule has 0 bridgehead atoms. The van der Waals surface area contributed by atoms with Gasteiger partial charge < -0.3 is 9.67 Å². The van der Waals surface area contributed by atoms with E-state index in [0.717, 1.165) is 6.07 Å². The lowest BCUT2D eigenvalue weighted by atomic mass is 10.2. The lowest BCUT2D eigenvalue weighted by Gasteiger charge is -2.03. The molecule has 1 rings (SSSR count). The van der Waals surface area contributed by atoms with Crippen LogP contribution in [0.3, 0.4) is 0 Å². The number of nitrogens with zero attached hydrogens (tertiary/aromatic N) is 1. The Morgan fingerprint density at radius 3 is 2.77 bits per heavy atom. The molecule has 0 aromatic carbocycles. The minimum atomic E-state index is -2.13. The van der Waals surface area contributed by atoms with Gasteiger partial charge in [0.1, 0.15) is 0 Å². The fourth-order valence-corrected chi connectivity index (χ4v) is 0.864. The van der Waals surface area contributed by atoms with Crippen LogP contribution < -0.4 is 5.56 Å². The summed E-state index contributed by atoms with van der Waals surface area (Å²) in [5, 5.41) is 8.31. The molecular formula is C8H8FNO3. The predicted molar refractivity (Wildman–Crippen MR) is 43.2 cm³/mol. The van der Waals surface area contributed by atoms with Gasteiger partial charge in [-0.15, -0.1) is 0 Å². The van der Waals surface area contributed by atoms with Crippen molar-refractivity contribution in [2.24, 2.45) is 7.05 Å². The summed E-state index contributed by atoms with van der Waals surface area (Å²) in [6.07, 6.45) is -0.804. The molecule has 1 N–H and O–H groups in total. The Bertz CT molecular complexity index is 385. The molecule has 1 unspecified atom stereocenters. The predicted octanol–water partition coefficient (Wildman–Crippen LogP) is 0.480. The first-order valence-corrected chi connectivity index (χ1v) is 3.56. The van der Waals surface area contributed by atoms with Gasteiger partial charge in [-0.2, -0.15) is 0 Å². The summed E-state index contributed by atoms with van der Waals surface area (Å²) in [6, 6.07) is 2.24. The van der Waals surface area contributed by atoms with Gasteiger partial charge in [0.15, 0.2) is 0 Å². The first-order chi connectivity index (χ1) is 6.02. The lowest BCUT2D eigenvalue weighted by Crippen LogP contribution is -2.17. The molecule has 1 aromatic rings. The Morgan fingerprint density at radius 2 is 2.31 bits per heavy atom. The van der Waals surface area contributed by atoms with Crippen LogP contribution >= 0.6 is 0 Å². The van der Waals surface area contributed by atoms with Crippen molar-refractivity contribution >= 4 is 5.97 Å². The summed E-state index contributed by atoms with van der Waals surface area (Å²) in [5.41, 5.74) is -0.558. The molecule has 0 aliphatic heterocycles. The van der Waals surface area contributed by atoms with Crippen molar-refractivity contribution in [2.45, 2.75) is 6.17 Å². The van der Waals surface area contributed by atoms with Crippen LogP contribution in [0.2, 0.25) is 0 Å². The standard InChI is InChI=1S/C8H8FNO3/c1-10-3-2-5(4-6(10)11)7(9)8(12)13/h2-4,7H,1H3,(H,12,13). The van der Waals surface area contributed by atoms with E-state index in [1.165, 1.54) is 23.9 Å². The van der Waals surface area contributed by atoms with Crippen LogP contribution in [0.15, 0.2) is 23.1 Å². The van der Waals surface area contributed by atoms with E-state index in [1.54, 1.807) is 0 Å². The number of alkyl halides is 1. The fraction of sp³-hybridized carbons (Fsp3) is 0.250. The normalized spacial score (nSPS) is 12.5. The van der Waals surface area contributed by atoms with Crippen molar-refractivity contribution < 1.29 is 14.3 Å². The van der Waals surface area contributed by atoms with Crippen LogP contribution in [0.4, 0.5) is 4.39 Å². The van der Waals surface area contributed by atoms with Gasteiger partial charge >= 0.3 is 5.97 Å². The molecule has 0 aliphatic carbocycles. The number of hydrogen-bond acceptors (Lipinski definition) is 2. The van der Waals surface area contributed by atoms with Crippen LogP contribution in [-0.4, -0.2) is 15.6 Å². The monoisotopic (exact) mass is 185 g/mol. The van der Waals surface area contributed by atoms with Gasteiger partial charge in [-0.3, -0.25) is 4.79 Å². The fourth-order valence-electron chi connectivity index (χ4n) is 0.864. The zero-order chi connectivity index (χ0) is 10.0. The minimum absolute atomic E-state index is 0.129. The summed E-state index contributed by atoms with van der Waals surface area (Å²) in [6.45, 7) is 0. The van der Waals surface area contributed by atoms with Crippen LogP contribution in [-0.2, 0) is 11.8 Å². The summed E-state index contributed by atoms with van der Waals surface area (Å²) < 4.78 is 14.1. The first kappa shape index (κ1) is 9.44. The molecule has 0 saturated heterocycles. The molecular weight excluding hydrogens is 177 g/mol. The molecule has 1 atom stereocenters. The molecule has 0 fully saturated rings. The molecule has 0 spiro atoms. The zero-order valence-electron chi connectivity index (χ0n) is 6.90. The van der Waals surface area contributed by atoms with Crippen molar-refractivity contribution in [3.63, 3.8) is 0 Å². The molecule has 1 aromatic heterocycles. The summed E-state index contributed by atoms with van der Waals surface area (Å²) in [7, 11) is 1.50. The molecule has 5 heteroatoms. The highest BCUT2D eigenvalue weighted by Crippen LogP contribution is 2.14. The highest BCUT2D eigenvalue weighted by molar-refractivity contribution is 5.74. The maximum Gasteiger partial charge on any atom is 0.343 e. The molecule has 13 heavy (non-hydrogen) atoms. The van der Waals surface area contributed by atoms with Crippen molar-refractivity contribution in [3.05, 3.63) is 34.2 Å². The van der Waals surface area contributed by atoms with E-state index in [4.69, 9.17) is 5.11 Å². The third-order valence-electron chi connectivity index (χ3n) is 1.64. The Morgan fingerprint density at radius 1 is 1.69 bits per heavy atom. The smallest absolute Gasteiger partial charge is 0.343 e. The molecule has 4 nitrogen and oxygen atoms in total. The minimum Gasteiger partial charge on any atom is -0.479 e. The van der Waals surface area contributed by atoms with Crippen LogP contribution in [0, 0.1) is 0 Å². The Labute approximate surface area is 73.2 Å². The van der Waals surface area contributed by atoms with Crippen molar-refractivity contribution in [3.8, 4) is 0 Å². The topological polar surface area (TPSA) is 59.3 Å². The molecule has 0 amide bonds. The SMILES string of the molecule is Cn1ccc(C(F)C(=O)O)cc1=O. The van der Waals surface area contributed by atoms with E-state index in [2.05, 4.69) is 0 Å². The Balaban J connectivity index is 3.11. The molecule has 0 aliphatic rings. The van der Waals surface area contributed by atoms with Crippen molar-refractivity contribution in [2.75, 3.05) is 0 Å². The number of carboxylic acid groups (broad SMARTS) is 1. The zero-order valence-corrected chi connectivity index (χ0v) is 6.90. The summed E-state index contributed by atoms with van der Waals surface area (Å²) in [5.74, 6) is -1.59. The number of aliphatic carboxylic acids is 1. The van der Waals surface area contributed by atoms with E-state index in [1.807, 2.05) is 0 Å². The number of halogens is 1. The van der Waals surface area contributed by atoms with Crippen LogP contribution in [0.5, 0.6) is 0 Å². The average molecular weight is 185 g/mol. The number of pyridine rings is 1. The Hall–Kier alpha value is -1.65. The molecule has 70 valence electrons. The Kier molecular flexibility index (Phi) is 2.46. The lowest BCUT2D eigenvalue weighted by molar-refractivity contribution is -0.143. The van der Waals surface area contributed by atoms with E-state index >= 15 is 0 Å². The average Bonchev–Trinajstić information content (AvgIpc) is 2.08. The first-order valence-electron chi connectivity index (χ1n) is 3.56. The van der Waals surface area contributed by atoms with E-state index in [-0.39, 0.29) is 5.56 Å². The van der Waals surface area contributed by atoms with Crippen LogP contribution in [0.1, 0.15) is 11.7 Å². The van der Waals surface area contributed by atoms with Gasteiger partial charge in [0.2, 0.25) is 6.17 Å². The third-order valence-corrected chi connectivity index (χ3v) is 1.64. The van der Waals surface area contributed by atoms with Crippen molar-refractivity contribution in [1.29, 1.82) is 0 Å². The molecule has 1 heterocycles. The largest absolute Gasteiger partial charge is 0.479 e. The van der Waals surface area contributed by atoms with Crippen molar-refractivity contribution in [1.82, 2.24) is 4.57 Å². The van der Waals surface area contributed by atoms with E-state index in [0.29, 0.717) is 0 Å². The van der Waals surface area contributed by atoms with E-state index in [9.17, 15) is 14.0 Å². The number of hydrogen-bond donors (Lipinski definition) is 1. The second kappa shape index (κ2) is 3.38. The number of aryl methyl sites for hydroxylation is 1. The van der Waals surface area contributed by atoms with Gasteiger partial charge in [-0.1, -0.05) is 0 Å². The second-order valence-electron chi connectivity index (χ2n) is 2.61. The molecule has 0 radical (unpaired) electrons. The van der Waals surface area contributed by atoms with E-state index < -0.39 is 17.7 Å². The van der Waals surface area contributed by atoms with Gasteiger partial charge in [-0.05, 0) is 6.07 Å². The number of carbonyl (C=O) groups is 1. The third kappa shape index (κ3) is 1.93. The van der Waals surface area contributed by atoms with Gasteiger partial charge in [-0.25, -0.2) is 9.18 Å².